The van der Waals surface area contributed by atoms with Crippen molar-refractivity contribution in [1.29, 1.82) is 0 Å². The van der Waals surface area contributed by atoms with E-state index in [4.69, 9.17) is 4.74 Å². The van der Waals surface area contributed by atoms with Gasteiger partial charge in [0.25, 0.3) is 0 Å². The van der Waals surface area contributed by atoms with E-state index in [-0.39, 0.29) is 12.6 Å². The van der Waals surface area contributed by atoms with Gasteiger partial charge in [-0.05, 0) is 22.4 Å². The molecule has 0 spiro atoms. The number of carbonyl (C=O) groups is 1. The number of carbonyl (C=O) groups excluding carboxylic acids is 1. The molecule has 2 aromatic carbocycles. The number of fused-ring (bicyclic) bond motifs is 1. The van der Waals surface area contributed by atoms with E-state index >= 15 is 0 Å². The summed E-state index contributed by atoms with van der Waals surface area (Å²) >= 11 is 0. The lowest BCUT2D eigenvalue weighted by Crippen LogP contribution is -2.02. The van der Waals surface area contributed by atoms with E-state index in [1.54, 1.807) is 12.1 Å². The fraction of sp³-hybridized carbons (Fsp3) is 0.154. The summed E-state index contributed by atoms with van der Waals surface area (Å²) in [7, 11) is 1.36. The lowest BCUT2D eigenvalue weighted by Gasteiger charge is -2.08. The average Bonchev–Trinajstić information content (AvgIpc) is 2.36. The van der Waals surface area contributed by atoms with Crippen molar-refractivity contribution in [3.05, 3.63) is 47.5 Å². The fourth-order valence-electron chi connectivity index (χ4n) is 1.79. The Morgan fingerprint density at radius 3 is 2.50 bits per heavy atom. The maximum atomic E-state index is 11.5. The van der Waals surface area contributed by atoms with Crippen LogP contribution < -0.4 is 0 Å². The number of hydrogen-bond acceptors (Lipinski definition) is 3. The van der Waals surface area contributed by atoms with Crippen LogP contribution in [0.2, 0.25) is 0 Å². The van der Waals surface area contributed by atoms with Crippen LogP contribution in [0.15, 0.2) is 36.4 Å². The van der Waals surface area contributed by atoms with Crippen LogP contribution in [0, 0.1) is 0 Å². The van der Waals surface area contributed by atoms with Crippen molar-refractivity contribution in [2.24, 2.45) is 0 Å². The minimum absolute atomic E-state index is 0.0397. The lowest BCUT2D eigenvalue weighted by atomic mass is 10.00. The van der Waals surface area contributed by atoms with Gasteiger partial charge in [0, 0.05) is 0 Å². The molecule has 0 radical (unpaired) electrons. The third kappa shape index (κ3) is 1.66. The van der Waals surface area contributed by atoms with E-state index in [0.717, 1.165) is 16.3 Å². The number of ether oxygens (including phenoxy) is 1. The smallest absolute Gasteiger partial charge is 0.338 e. The van der Waals surface area contributed by atoms with Crippen LogP contribution in [0.4, 0.5) is 0 Å². The summed E-state index contributed by atoms with van der Waals surface area (Å²) < 4.78 is 4.72. The molecular weight excluding hydrogens is 204 g/mol. The van der Waals surface area contributed by atoms with Gasteiger partial charge in [-0.25, -0.2) is 4.79 Å². The summed E-state index contributed by atoms with van der Waals surface area (Å²) in [5.41, 5.74) is 1.33. The Morgan fingerprint density at radius 1 is 1.19 bits per heavy atom. The van der Waals surface area contributed by atoms with Crippen LogP contribution in [0.5, 0.6) is 0 Å². The van der Waals surface area contributed by atoms with Crippen molar-refractivity contribution >= 4 is 16.7 Å². The molecule has 2 rings (SSSR count). The Bertz CT molecular complexity index is 532. The van der Waals surface area contributed by atoms with Gasteiger partial charge in [-0.2, -0.15) is 0 Å². The molecular formula is C13H12O3. The minimum atomic E-state index is -0.360. The summed E-state index contributed by atoms with van der Waals surface area (Å²) in [5.74, 6) is -0.360. The second-order valence-corrected chi connectivity index (χ2v) is 3.47. The first-order chi connectivity index (χ1) is 7.77. The van der Waals surface area contributed by atoms with Crippen molar-refractivity contribution in [2.75, 3.05) is 7.11 Å². The van der Waals surface area contributed by atoms with E-state index in [2.05, 4.69) is 0 Å². The molecule has 0 saturated heterocycles. The Balaban J connectivity index is 2.74. The molecule has 0 aromatic heterocycles. The number of aliphatic hydroxyl groups excluding tert-OH is 1. The van der Waals surface area contributed by atoms with Gasteiger partial charge < -0.3 is 9.84 Å². The van der Waals surface area contributed by atoms with Crippen LogP contribution in [0.1, 0.15) is 15.9 Å². The first kappa shape index (κ1) is 10.6. The zero-order valence-corrected chi connectivity index (χ0v) is 8.93. The summed E-state index contributed by atoms with van der Waals surface area (Å²) in [6.45, 7) is -0.0397. The molecule has 3 nitrogen and oxygen atoms in total. The molecule has 82 valence electrons. The molecule has 0 unspecified atom stereocenters. The summed E-state index contributed by atoms with van der Waals surface area (Å²) in [5, 5.41) is 10.9. The van der Waals surface area contributed by atoms with E-state index in [1.807, 2.05) is 24.3 Å². The molecule has 3 heteroatoms. The second kappa shape index (κ2) is 4.33. The van der Waals surface area contributed by atoms with E-state index < -0.39 is 0 Å². The molecule has 0 aliphatic carbocycles. The Labute approximate surface area is 93.3 Å². The zero-order chi connectivity index (χ0) is 11.5. The molecule has 16 heavy (non-hydrogen) atoms. The third-order valence-corrected chi connectivity index (χ3v) is 2.59. The zero-order valence-electron chi connectivity index (χ0n) is 8.93. The quantitative estimate of drug-likeness (QED) is 0.782. The van der Waals surface area contributed by atoms with Gasteiger partial charge >= 0.3 is 5.97 Å². The van der Waals surface area contributed by atoms with E-state index in [1.165, 1.54) is 7.11 Å². The number of benzene rings is 2. The molecule has 0 atom stereocenters. The average molecular weight is 216 g/mol. The normalized spacial score (nSPS) is 10.4. The Hall–Kier alpha value is -1.87. The summed E-state index contributed by atoms with van der Waals surface area (Å²) in [6.07, 6.45) is 0. The molecule has 0 heterocycles. The Kier molecular flexibility index (Phi) is 2.88. The van der Waals surface area contributed by atoms with Gasteiger partial charge in [0.05, 0.1) is 19.3 Å². The minimum Gasteiger partial charge on any atom is -0.465 e. The largest absolute Gasteiger partial charge is 0.465 e. The monoisotopic (exact) mass is 216 g/mol. The molecule has 2 aromatic rings. The standard InChI is InChI=1S/C13H12O3/c1-16-13(15)12-7-6-9(8-14)10-4-2-3-5-11(10)12/h2-7,14H,8H2,1H3. The highest BCUT2D eigenvalue weighted by molar-refractivity contribution is 6.05. The molecule has 1 N–H and O–H groups in total. The topological polar surface area (TPSA) is 46.5 Å². The summed E-state index contributed by atoms with van der Waals surface area (Å²) in [4.78, 5) is 11.5. The molecule has 0 fully saturated rings. The van der Waals surface area contributed by atoms with Crippen molar-refractivity contribution in [2.45, 2.75) is 6.61 Å². The van der Waals surface area contributed by atoms with Gasteiger partial charge in [-0.3, -0.25) is 0 Å². The van der Waals surface area contributed by atoms with Crippen molar-refractivity contribution in [3.8, 4) is 0 Å². The maximum absolute atomic E-state index is 11.5. The predicted molar refractivity (Wildman–Crippen MR) is 61.2 cm³/mol. The van der Waals surface area contributed by atoms with Crippen LogP contribution >= 0.6 is 0 Å². The fourth-order valence-corrected chi connectivity index (χ4v) is 1.79. The van der Waals surface area contributed by atoms with Gasteiger partial charge in [-0.1, -0.05) is 30.3 Å². The van der Waals surface area contributed by atoms with E-state index in [0.29, 0.717) is 5.56 Å². The Morgan fingerprint density at radius 2 is 1.88 bits per heavy atom. The van der Waals surface area contributed by atoms with Crippen LogP contribution in [-0.2, 0) is 11.3 Å². The molecule has 0 saturated carbocycles. The third-order valence-electron chi connectivity index (χ3n) is 2.59. The molecule has 0 aliphatic rings. The van der Waals surface area contributed by atoms with Gasteiger partial charge in [0.15, 0.2) is 0 Å². The van der Waals surface area contributed by atoms with Gasteiger partial charge in [0.1, 0.15) is 0 Å². The highest BCUT2D eigenvalue weighted by Gasteiger charge is 2.11. The number of esters is 1. The first-order valence-corrected chi connectivity index (χ1v) is 4.97. The SMILES string of the molecule is COC(=O)c1ccc(CO)c2ccccc12. The highest BCUT2D eigenvalue weighted by atomic mass is 16.5. The first-order valence-electron chi connectivity index (χ1n) is 4.97. The number of rotatable bonds is 2. The van der Waals surface area contributed by atoms with Crippen molar-refractivity contribution < 1.29 is 14.6 Å². The molecule has 0 aliphatic heterocycles. The predicted octanol–water partition coefficient (Wildman–Crippen LogP) is 2.12. The number of methoxy groups -OCH3 is 1. The van der Waals surface area contributed by atoms with Crippen LogP contribution in [0.3, 0.4) is 0 Å². The second-order valence-electron chi connectivity index (χ2n) is 3.47. The van der Waals surface area contributed by atoms with Gasteiger partial charge in [-0.15, -0.1) is 0 Å². The van der Waals surface area contributed by atoms with Crippen molar-refractivity contribution in [3.63, 3.8) is 0 Å². The molecule has 0 bridgehead atoms. The number of hydrogen-bond donors (Lipinski definition) is 1. The molecule has 0 amide bonds. The van der Waals surface area contributed by atoms with Crippen LogP contribution in [0.25, 0.3) is 10.8 Å². The lowest BCUT2D eigenvalue weighted by molar-refractivity contribution is 0.0603. The van der Waals surface area contributed by atoms with E-state index in [9.17, 15) is 9.90 Å². The van der Waals surface area contributed by atoms with Crippen molar-refractivity contribution in [1.82, 2.24) is 0 Å². The highest BCUT2D eigenvalue weighted by Crippen LogP contribution is 2.23. The number of aliphatic hydroxyl groups is 1. The van der Waals surface area contributed by atoms with Crippen LogP contribution in [-0.4, -0.2) is 18.2 Å². The summed E-state index contributed by atoms with van der Waals surface area (Å²) in [6, 6.07) is 10.9. The van der Waals surface area contributed by atoms with Gasteiger partial charge in [0.2, 0.25) is 0 Å². The maximum Gasteiger partial charge on any atom is 0.338 e.